The van der Waals surface area contributed by atoms with Crippen molar-refractivity contribution < 1.29 is 9.59 Å². The Morgan fingerprint density at radius 2 is 2.00 bits per heavy atom. The highest BCUT2D eigenvalue weighted by Crippen LogP contribution is 1.97. The van der Waals surface area contributed by atoms with Crippen molar-refractivity contribution in [3.8, 4) is 0 Å². The van der Waals surface area contributed by atoms with Crippen LogP contribution in [-0.2, 0) is 9.59 Å². The number of hydrogen-bond donors (Lipinski definition) is 1. The number of Topliss-reactive ketones (excluding diaryl/α,β-unsaturated/α-hetero) is 1. The second-order valence-corrected chi connectivity index (χ2v) is 3.19. The van der Waals surface area contributed by atoms with E-state index < -0.39 is 0 Å². The minimum atomic E-state index is -0.107. The highest BCUT2D eigenvalue weighted by molar-refractivity contribution is 5.81. The largest absolute Gasteiger partial charge is 0.359 e. The third-order valence-electron chi connectivity index (χ3n) is 2.22. The molecule has 0 bridgehead atoms. The lowest BCUT2D eigenvalue weighted by Crippen LogP contribution is -2.37. The molecule has 0 spiro atoms. The van der Waals surface area contributed by atoms with Crippen LogP contribution in [-0.4, -0.2) is 43.3 Å². The number of carbonyl (C=O) groups is 2. The van der Waals surface area contributed by atoms with Crippen LogP contribution in [0.3, 0.4) is 0 Å². The fourth-order valence-corrected chi connectivity index (χ4v) is 0.907. The van der Waals surface area contributed by atoms with Gasteiger partial charge >= 0.3 is 0 Å². The van der Waals surface area contributed by atoms with E-state index in [2.05, 4.69) is 5.32 Å². The van der Waals surface area contributed by atoms with Crippen LogP contribution in [0.4, 0.5) is 0 Å². The molecule has 0 aliphatic carbocycles. The summed E-state index contributed by atoms with van der Waals surface area (Å²) >= 11 is 0. The van der Waals surface area contributed by atoms with E-state index in [-0.39, 0.29) is 17.7 Å². The summed E-state index contributed by atoms with van der Waals surface area (Å²) in [6.07, 6.45) is 0.435. The third kappa shape index (κ3) is 4.62. The molecule has 1 amide bonds. The molecule has 1 atom stereocenters. The number of nitrogens with one attached hydrogen (secondary N) is 1. The Morgan fingerprint density at radius 3 is 2.38 bits per heavy atom. The van der Waals surface area contributed by atoms with Gasteiger partial charge in [0.2, 0.25) is 5.91 Å². The Hall–Kier alpha value is -0.900. The molecule has 13 heavy (non-hydrogen) atoms. The van der Waals surface area contributed by atoms with Crippen molar-refractivity contribution in [1.82, 2.24) is 10.2 Å². The summed E-state index contributed by atoms with van der Waals surface area (Å²) in [4.78, 5) is 23.7. The molecular weight excluding hydrogens is 168 g/mol. The van der Waals surface area contributed by atoms with Crippen LogP contribution in [0.25, 0.3) is 0 Å². The topological polar surface area (TPSA) is 49.4 Å². The molecule has 0 saturated heterocycles. The number of ketones is 1. The lowest BCUT2D eigenvalue weighted by molar-refractivity contribution is -0.123. The molecule has 0 aromatic heterocycles. The van der Waals surface area contributed by atoms with Crippen molar-refractivity contribution in [2.24, 2.45) is 0 Å². The molecule has 0 aromatic rings. The highest BCUT2D eigenvalue weighted by atomic mass is 16.1. The molecule has 76 valence electrons. The van der Waals surface area contributed by atoms with Gasteiger partial charge in [0.1, 0.15) is 5.78 Å². The van der Waals surface area contributed by atoms with Crippen LogP contribution in [0.2, 0.25) is 0 Å². The molecule has 1 N–H and O–H groups in total. The minimum absolute atomic E-state index is 0.00241. The van der Waals surface area contributed by atoms with Gasteiger partial charge in [0.05, 0.1) is 6.04 Å². The van der Waals surface area contributed by atoms with Crippen molar-refractivity contribution in [3.63, 3.8) is 0 Å². The Bertz CT molecular complexity index is 192. The third-order valence-corrected chi connectivity index (χ3v) is 2.22. The first kappa shape index (κ1) is 12.1. The van der Waals surface area contributed by atoms with Crippen LogP contribution < -0.4 is 5.32 Å². The van der Waals surface area contributed by atoms with E-state index in [1.807, 2.05) is 18.9 Å². The van der Waals surface area contributed by atoms with Gasteiger partial charge in [-0.1, -0.05) is 0 Å². The molecule has 0 radical (unpaired) electrons. The summed E-state index contributed by atoms with van der Waals surface area (Å²) in [6, 6.07) is -0.107. The molecule has 0 saturated carbocycles. The van der Waals surface area contributed by atoms with Gasteiger partial charge in [-0.3, -0.25) is 14.5 Å². The second-order valence-electron chi connectivity index (χ2n) is 3.19. The lowest BCUT2D eigenvalue weighted by Gasteiger charge is -2.21. The maximum atomic E-state index is 11.0. The first-order chi connectivity index (χ1) is 5.99. The zero-order chi connectivity index (χ0) is 10.4. The van der Waals surface area contributed by atoms with E-state index in [0.717, 1.165) is 0 Å². The van der Waals surface area contributed by atoms with Crippen molar-refractivity contribution in [3.05, 3.63) is 0 Å². The number of rotatable bonds is 5. The van der Waals surface area contributed by atoms with Gasteiger partial charge in [0.15, 0.2) is 0 Å². The van der Waals surface area contributed by atoms with E-state index in [0.29, 0.717) is 13.0 Å². The quantitative estimate of drug-likeness (QED) is 0.659. The van der Waals surface area contributed by atoms with Crippen LogP contribution >= 0.6 is 0 Å². The molecule has 1 unspecified atom stereocenters. The predicted molar refractivity (Wildman–Crippen MR) is 51.5 cm³/mol. The van der Waals surface area contributed by atoms with Gasteiger partial charge in [-0.05, 0) is 20.9 Å². The van der Waals surface area contributed by atoms with Gasteiger partial charge in [-0.25, -0.2) is 0 Å². The molecular formula is C9H18N2O2. The van der Waals surface area contributed by atoms with Crippen molar-refractivity contribution >= 4 is 11.7 Å². The number of hydrogen-bond acceptors (Lipinski definition) is 3. The summed E-state index contributed by atoms with van der Waals surface area (Å²) in [6.45, 7) is 4.01. The first-order valence-electron chi connectivity index (χ1n) is 4.40. The van der Waals surface area contributed by atoms with E-state index >= 15 is 0 Å². The monoisotopic (exact) mass is 186 g/mol. The van der Waals surface area contributed by atoms with Crippen molar-refractivity contribution in [2.45, 2.75) is 26.3 Å². The molecule has 0 rings (SSSR count). The van der Waals surface area contributed by atoms with Gasteiger partial charge < -0.3 is 5.32 Å². The molecule has 4 nitrogen and oxygen atoms in total. The smallest absolute Gasteiger partial charge is 0.221 e. The Labute approximate surface area is 79.3 Å². The average molecular weight is 186 g/mol. The normalized spacial score (nSPS) is 12.7. The molecule has 0 aliphatic rings. The Morgan fingerprint density at radius 1 is 1.46 bits per heavy atom. The zero-order valence-corrected chi connectivity index (χ0v) is 8.76. The van der Waals surface area contributed by atoms with Crippen molar-refractivity contribution in [1.29, 1.82) is 0 Å². The number of nitrogens with zero attached hydrogens (tertiary/aromatic N) is 1. The van der Waals surface area contributed by atoms with E-state index in [4.69, 9.17) is 0 Å². The van der Waals surface area contributed by atoms with Gasteiger partial charge in [0.25, 0.3) is 0 Å². The van der Waals surface area contributed by atoms with Gasteiger partial charge in [-0.15, -0.1) is 0 Å². The summed E-state index contributed by atoms with van der Waals surface area (Å²) in [5.74, 6) is 0.127. The molecule has 0 heterocycles. The van der Waals surface area contributed by atoms with Gasteiger partial charge in [-0.2, -0.15) is 0 Å². The maximum absolute atomic E-state index is 11.0. The summed E-state index contributed by atoms with van der Waals surface area (Å²) in [5, 5.41) is 2.54. The average Bonchev–Trinajstić information content (AvgIpc) is 2.11. The van der Waals surface area contributed by atoms with E-state index in [9.17, 15) is 9.59 Å². The molecule has 0 aliphatic heterocycles. The molecule has 4 heteroatoms. The SMILES string of the molecule is CNC(=O)CCN(C)C(C)C(C)=O. The lowest BCUT2D eigenvalue weighted by atomic mass is 10.2. The summed E-state index contributed by atoms with van der Waals surface area (Å²) in [5.41, 5.74) is 0. The zero-order valence-electron chi connectivity index (χ0n) is 8.76. The number of amides is 1. The van der Waals surface area contributed by atoms with Crippen LogP contribution in [0.15, 0.2) is 0 Å². The summed E-state index contributed by atoms with van der Waals surface area (Å²) in [7, 11) is 3.45. The van der Waals surface area contributed by atoms with Crippen molar-refractivity contribution in [2.75, 3.05) is 20.6 Å². The van der Waals surface area contributed by atoms with E-state index in [1.54, 1.807) is 14.0 Å². The number of likely N-dealkylation sites (N-methyl/N-ethyl adjacent to an activating group) is 1. The minimum Gasteiger partial charge on any atom is -0.359 e. The summed E-state index contributed by atoms with van der Waals surface area (Å²) < 4.78 is 0. The fourth-order valence-electron chi connectivity index (χ4n) is 0.907. The highest BCUT2D eigenvalue weighted by Gasteiger charge is 2.13. The van der Waals surface area contributed by atoms with Crippen LogP contribution in [0.1, 0.15) is 20.3 Å². The van der Waals surface area contributed by atoms with Gasteiger partial charge in [0, 0.05) is 20.0 Å². The fraction of sp³-hybridized carbons (Fsp3) is 0.778. The predicted octanol–water partition coefficient (Wildman–Crippen LogP) is 0.0318. The molecule has 0 aromatic carbocycles. The standard InChI is InChI=1S/C9H18N2O2/c1-7(8(2)12)11(4)6-5-9(13)10-3/h7H,5-6H2,1-4H3,(H,10,13). The number of carbonyl (C=O) groups excluding carboxylic acids is 2. The Kier molecular flexibility index (Phi) is 5.30. The Balaban J connectivity index is 3.80. The van der Waals surface area contributed by atoms with E-state index in [1.165, 1.54) is 0 Å². The van der Waals surface area contributed by atoms with Crippen LogP contribution in [0.5, 0.6) is 0 Å². The second kappa shape index (κ2) is 5.70. The molecule has 0 fully saturated rings. The van der Waals surface area contributed by atoms with Crippen LogP contribution in [0, 0.1) is 0 Å². The first-order valence-corrected chi connectivity index (χ1v) is 4.40. The maximum Gasteiger partial charge on any atom is 0.221 e.